The number of hydrogen-bond donors (Lipinski definition) is 1. The first-order chi connectivity index (χ1) is 8.69. The number of aryl methyl sites for hydroxylation is 1. The molecule has 0 aliphatic carbocycles. The Hall–Kier alpha value is -1.55. The van der Waals surface area contributed by atoms with E-state index in [-0.39, 0.29) is 0 Å². The Morgan fingerprint density at radius 2 is 2.17 bits per heavy atom. The van der Waals surface area contributed by atoms with Crippen molar-refractivity contribution in [2.24, 2.45) is 0 Å². The lowest BCUT2D eigenvalue weighted by molar-refractivity contribution is 0.414. The van der Waals surface area contributed by atoms with Gasteiger partial charge >= 0.3 is 0 Å². The first-order valence-electron chi connectivity index (χ1n) is 5.67. The largest absolute Gasteiger partial charge is 0.497 e. The number of halogens is 1. The molecule has 1 aromatic heterocycles. The van der Waals surface area contributed by atoms with Crippen LogP contribution >= 0.6 is 15.9 Å². The number of benzene rings is 1. The summed E-state index contributed by atoms with van der Waals surface area (Å²) in [5, 5.41) is 3.37. The van der Waals surface area contributed by atoms with Gasteiger partial charge in [-0.25, -0.2) is 0 Å². The number of ether oxygens (including phenoxy) is 1. The number of methoxy groups -OCH3 is 1. The molecule has 18 heavy (non-hydrogen) atoms. The normalized spacial score (nSPS) is 10.2. The minimum atomic E-state index is 0.749. The highest BCUT2D eigenvalue weighted by Crippen LogP contribution is 2.24. The molecule has 0 amide bonds. The molecule has 0 radical (unpaired) electrons. The van der Waals surface area contributed by atoms with Crippen LogP contribution in [0.25, 0.3) is 0 Å². The van der Waals surface area contributed by atoms with Gasteiger partial charge in [-0.15, -0.1) is 0 Å². The molecule has 0 spiro atoms. The molecule has 94 valence electrons. The Balaban J connectivity index is 2.11. The lowest BCUT2D eigenvalue weighted by Gasteiger charge is -2.10. The van der Waals surface area contributed by atoms with Crippen molar-refractivity contribution in [3.05, 3.63) is 52.3 Å². The van der Waals surface area contributed by atoms with E-state index in [1.165, 1.54) is 11.1 Å². The van der Waals surface area contributed by atoms with Gasteiger partial charge < -0.3 is 10.1 Å². The predicted molar refractivity (Wildman–Crippen MR) is 77.0 cm³/mol. The van der Waals surface area contributed by atoms with E-state index in [4.69, 9.17) is 4.74 Å². The average molecular weight is 307 g/mol. The van der Waals surface area contributed by atoms with Crippen molar-refractivity contribution in [3.8, 4) is 5.75 Å². The highest BCUT2D eigenvalue weighted by atomic mass is 79.9. The van der Waals surface area contributed by atoms with Crippen molar-refractivity contribution in [1.29, 1.82) is 0 Å². The molecule has 0 aliphatic rings. The summed E-state index contributed by atoms with van der Waals surface area (Å²) in [5.74, 6) is 0.829. The molecule has 3 nitrogen and oxygen atoms in total. The van der Waals surface area contributed by atoms with Crippen LogP contribution in [0.3, 0.4) is 0 Å². The topological polar surface area (TPSA) is 34.1 Å². The molecule has 1 N–H and O–H groups in total. The Bertz CT molecular complexity index is 543. The molecule has 0 unspecified atom stereocenters. The molecule has 1 aromatic carbocycles. The second-order valence-corrected chi connectivity index (χ2v) is 4.95. The smallest absolute Gasteiger partial charge is 0.122 e. The van der Waals surface area contributed by atoms with E-state index in [0.717, 1.165) is 22.5 Å². The van der Waals surface area contributed by atoms with E-state index < -0.39 is 0 Å². The fourth-order valence-electron chi connectivity index (χ4n) is 1.66. The SMILES string of the molecule is COc1cc(Br)cc(NCc2cnccc2C)c1. The molecule has 1 heterocycles. The minimum absolute atomic E-state index is 0.749. The van der Waals surface area contributed by atoms with Crippen LogP contribution in [-0.2, 0) is 6.54 Å². The Morgan fingerprint density at radius 3 is 2.89 bits per heavy atom. The Kier molecular flexibility index (Phi) is 4.20. The molecule has 0 aliphatic heterocycles. The standard InChI is InChI=1S/C14H15BrN2O/c1-10-3-4-16-8-11(10)9-17-13-5-12(15)6-14(7-13)18-2/h3-8,17H,9H2,1-2H3. The van der Waals surface area contributed by atoms with Gasteiger partial charge in [0.1, 0.15) is 5.75 Å². The van der Waals surface area contributed by atoms with Crippen LogP contribution in [0, 0.1) is 6.92 Å². The summed E-state index contributed by atoms with van der Waals surface area (Å²) in [7, 11) is 1.66. The van der Waals surface area contributed by atoms with Crippen molar-refractivity contribution in [2.45, 2.75) is 13.5 Å². The lowest BCUT2D eigenvalue weighted by Crippen LogP contribution is -2.02. The van der Waals surface area contributed by atoms with Gasteiger partial charge in [-0.3, -0.25) is 4.98 Å². The third-order valence-electron chi connectivity index (χ3n) is 2.74. The van der Waals surface area contributed by atoms with Gasteiger partial charge in [0.15, 0.2) is 0 Å². The monoisotopic (exact) mass is 306 g/mol. The summed E-state index contributed by atoms with van der Waals surface area (Å²) in [4.78, 5) is 4.14. The highest BCUT2D eigenvalue weighted by Gasteiger charge is 2.01. The van der Waals surface area contributed by atoms with Gasteiger partial charge in [-0.1, -0.05) is 15.9 Å². The quantitative estimate of drug-likeness (QED) is 0.933. The molecule has 2 aromatic rings. The van der Waals surface area contributed by atoms with Gasteiger partial charge in [-0.2, -0.15) is 0 Å². The summed E-state index contributed by atoms with van der Waals surface area (Å²) in [6, 6.07) is 7.93. The summed E-state index contributed by atoms with van der Waals surface area (Å²) >= 11 is 3.46. The van der Waals surface area contributed by atoms with Crippen molar-refractivity contribution in [3.63, 3.8) is 0 Å². The van der Waals surface area contributed by atoms with Gasteiger partial charge in [-0.05, 0) is 36.2 Å². The van der Waals surface area contributed by atoms with Crippen molar-refractivity contribution in [2.75, 3.05) is 12.4 Å². The van der Waals surface area contributed by atoms with Crippen molar-refractivity contribution in [1.82, 2.24) is 4.98 Å². The van der Waals surface area contributed by atoms with E-state index in [2.05, 4.69) is 33.2 Å². The minimum Gasteiger partial charge on any atom is -0.497 e. The second kappa shape index (κ2) is 5.87. The maximum absolute atomic E-state index is 5.23. The number of nitrogens with one attached hydrogen (secondary N) is 1. The summed E-state index contributed by atoms with van der Waals surface area (Å²) in [6.45, 7) is 2.83. The van der Waals surface area contributed by atoms with E-state index in [9.17, 15) is 0 Å². The number of pyridine rings is 1. The maximum Gasteiger partial charge on any atom is 0.122 e. The van der Waals surface area contributed by atoms with Crippen LogP contribution in [0.5, 0.6) is 5.75 Å². The predicted octanol–water partition coefficient (Wildman–Crippen LogP) is 3.77. The third kappa shape index (κ3) is 3.23. The summed E-state index contributed by atoms with van der Waals surface area (Å²) < 4.78 is 6.22. The Labute approximate surface area is 115 Å². The third-order valence-corrected chi connectivity index (χ3v) is 3.20. The molecular formula is C14H15BrN2O. The zero-order valence-corrected chi connectivity index (χ0v) is 12.0. The molecule has 4 heteroatoms. The van der Waals surface area contributed by atoms with E-state index in [1.54, 1.807) is 13.3 Å². The molecule has 0 saturated carbocycles. The number of anilines is 1. The van der Waals surface area contributed by atoms with Crippen molar-refractivity contribution >= 4 is 21.6 Å². The van der Waals surface area contributed by atoms with Crippen LogP contribution in [0.1, 0.15) is 11.1 Å². The van der Waals surface area contributed by atoms with Gasteiger partial charge in [0, 0.05) is 35.2 Å². The van der Waals surface area contributed by atoms with Crippen LogP contribution in [0.2, 0.25) is 0 Å². The highest BCUT2D eigenvalue weighted by molar-refractivity contribution is 9.10. The van der Waals surface area contributed by atoms with E-state index in [1.807, 2.05) is 30.5 Å². The number of hydrogen-bond acceptors (Lipinski definition) is 3. The van der Waals surface area contributed by atoms with Crippen molar-refractivity contribution < 1.29 is 4.74 Å². The molecule has 0 fully saturated rings. The first kappa shape index (κ1) is 12.9. The second-order valence-electron chi connectivity index (χ2n) is 4.04. The zero-order valence-electron chi connectivity index (χ0n) is 10.4. The van der Waals surface area contributed by atoms with Crippen LogP contribution in [-0.4, -0.2) is 12.1 Å². The fraction of sp³-hybridized carbons (Fsp3) is 0.214. The van der Waals surface area contributed by atoms with Gasteiger partial charge in [0.2, 0.25) is 0 Å². The number of nitrogens with zero attached hydrogens (tertiary/aromatic N) is 1. The summed E-state index contributed by atoms with van der Waals surface area (Å²) in [6.07, 6.45) is 3.69. The lowest BCUT2D eigenvalue weighted by atomic mass is 10.1. The molecule has 0 saturated heterocycles. The van der Waals surface area contributed by atoms with Crippen LogP contribution in [0.4, 0.5) is 5.69 Å². The first-order valence-corrected chi connectivity index (χ1v) is 6.46. The van der Waals surface area contributed by atoms with Gasteiger partial charge in [0.05, 0.1) is 7.11 Å². The fourth-order valence-corrected chi connectivity index (χ4v) is 2.13. The molecule has 0 atom stereocenters. The average Bonchev–Trinajstić information content (AvgIpc) is 2.37. The number of aromatic nitrogens is 1. The van der Waals surface area contributed by atoms with E-state index in [0.29, 0.717) is 0 Å². The zero-order chi connectivity index (χ0) is 13.0. The maximum atomic E-state index is 5.23. The van der Waals surface area contributed by atoms with E-state index >= 15 is 0 Å². The molecule has 2 rings (SSSR count). The van der Waals surface area contributed by atoms with Crippen LogP contribution < -0.4 is 10.1 Å². The summed E-state index contributed by atoms with van der Waals surface area (Å²) in [5.41, 5.74) is 3.44. The molecule has 0 bridgehead atoms. The van der Waals surface area contributed by atoms with Crippen LogP contribution in [0.15, 0.2) is 41.1 Å². The van der Waals surface area contributed by atoms with Gasteiger partial charge in [0.25, 0.3) is 0 Å². The Morgan fingerprint density at radius 1 is 1.33 bits per heavy atom. The molecular weight excluding hydrogens is 292 g/mol. The number of rotatable bonds is 4.